The Morgan fingerprint density at radius 2 is 2.04 bits per heavy atom. The number of carbonyl (C=O) groups is 1. The average Bonchev–Trinajstić information content (AvgIpc) is 3.10. The molecule has 0 unspecified atom stereocenters. The largest absolute Gasteiger partial charge is 0.545 e. The van der Waals surface area contributed by atoms with Gasteiger partial charge in [-0.2, -0.15) is 0 Å². The lowest BCUT2D eigenvalue weighted by atomic mass is 10.1. The van der Waals surface area contributed by atoms with Gasteiger partial charge in [-0.3, -0.25) is 9.36 Å². The first kappa shape index (κ1) is 17.7. The van der Waals surface area contributed by atoms with Crippen molar-refractivity contribution in [1.29, 1.82) is 0 Å². The molecule has 1 aliphatic heterocycles. The molecule has 0 aliphatic carbocycles. The summed E-state index contributed by atoms with van der Waals surface area (Å²) in [5.74, 6) is 0.0304. The van der Waals surface area contributed by atoms with E-state index in [-0.39, 0.29) is 11.1 Å². The van der Waals surface area contributed by atoms with E-state index in [0.29, 0.717) is 36.3 Å². The third kappa shape index (κ3) is 3.20. The number of hydrogen-bond donors (Lipinski definition) is 0. The number of carbonyl (C=O) groups excluding carboxylic acids is 1. The smallest absolute Gasteiger partial charge is 0.261 e. The molecule has 0 saturated carbocycles. The fraction of sp³-hybridized carbons (Fsp3) is 0.136. The van der Waals surface area contributed by atoms with Gasteiger partial charge in [-0.1, -0.05) is 30.9 Å². The molecule has 28 heavy (non-hydrogen) atoms. The maximum Gasteiger partial charge on any atom is 0.261 e. The van der Waals surface area contributed by atoms with E-state index in [1.54, 1.807) is 10.6 Å². The summed E-state index contributed by atoms with van der Waals surface area (Å²) in [6.07, 6.45) is 4.35. The van der Waals surface area contributed by atoms with Crippen molar-refractivity contribution in [2.24, 2.45) is 0 Å². The van der Waals surface area contributed by atoms with E-state index < -0.39 is 5.97 Å². The summed E-state index contributed by atoms with van der Waals surface area (Å²) >= 11 is 0. The lowest BCUT2D eigenvalue weighted by Crippen LogP contribution is -2.23. The van der Waals surface area contributed by atoms with Gasteiger partial charge >= 0.3 is 0 Å². The standard InChI is InChI=1S/C22H18N2O4/c1-2-11-28-17-6-3-14(4-7-17)12-15-9-10-24-20(15)23-19-13-16(22(26)27)5-8-18(19)21(24)25/h2-8,12-13H,1,9-11H2,(H,26,27)/p-1/b15-12+. The molecule has 3 aromatic rings. The number of hydrogen-bond acceptors (Lipinski definition) is 5. The van der Waals surface area contributed by atoms with Crippen LogP contribution < -0.4 is 15.4 Å². The van der Waals surface area contributed by atoms with Gasteiger partial charge in [0.1, 0.15) is 18.2 Å². The summed E-state index contributed by atoms with van der Waals surface area (Å²) < 4.78 is 7.11. The Morgan fingerprint density at radius 3 is 2.75 bits per heavy atom. The number of aromatic carboxylic acids is 1. The van der Waals surface area contributed by atoms with E-state index in [9.17, 15) is 14.7 Å². The third-order valence-electron chi connectivity index (χ3n) is 4.67. The van der Waals surface area contributed by atoms with Gasteiger partial charge in [0.25, 0.3) is 5.56 Å². The molecule has 0 N–H and O–H groups in total. The molecule has 0 atom stereocenters. The SMILES string of the molecule is C=CCOc1ccc(/C=C2\CCn3c2nc2cc(C(=O)[O-])ccc2c3=O)cc1. The van der Waals surface area contributed by atoms with Gasteiger partial charge in [-0.25, -0.2) is 4.98 Å². The highest BCUT2D eigenvalue weighted by molar-refractivity contribution is 5.92. The van der Waals surface area contributed by atoms with E-state index in [1.807, 2.05) is 30.3 Å². The fourth-order valence-corrected chi connectivity index (χ4v) is 3.30. The lowest BCUT2D eigenvalue weighted by molar-refractivity contribution is -0.255. The molecule has 140 valence electrons. The molecule has 1 aliphatic rings. The van der Waals surface area contributed by atoms with Crippen molar-refractivity contribution in [2.75, 3.05) is 6.61 Å². The molecule has 0 radical (unpaired) electrons. The summed E-state index contributed by atoms with van der Waals surface area (Å²) in [6.45, 7) is 4.61. The van der Waals surface area contributed by atoms with Gasteiger partial charge in [-0.15, -0.1) is 0 Å². The first-order valence-electron chi connectivity index (χ1n) is 8.87. The van der Waals surface area contributed by atoms with Gasteiger partial charge < -0.3 is 14.6 Å². The van der Waals surface area contributed by atoms with E-state index in [0.717, 1.165) is 16.9 Å². The fourth-order valence-electron chi connectivity index (χ4n) is 3.30. The van der Waals surface area contributed by atoms with Crippen LogP contribution in [0.1, 0.15) is 28.2 Å². The van der Waals surface area contributed by atoms with Crippen LogP contribution in [0.15, 0.2) is 59.9 Å². The van der Waals surface area contributed by atoms with Crippen LogP contribution >= 0.6 is 0 Å². The summed E-state index contributed by atoms with van der Waals surface area (Å²) in [7, 11) is 0. The number of fused-ring (bicyclic) bond motifs is 2. The number of aromatic nitrogens is 2. The Balaban J connectivity index is 1.74. The number of nitrogens with zero attached hydrogens (tertiary/aromatic N) is 2. The molecular weight excluding hydrogens is 356 g/mol. The maximum absolute atomic E-state index is 12.8. The average molecular weight is 373 g/mol. The minimum absolute atomic E-state index is 0.00277. The van der Waals surface area contributed by atoms with E-state index in [2.05, 4.69) is 11.6 Å². The van der Waals surface area contributed by atoms with Crippen LogP contribution in [0, 0.1) is 0 Å². The van der Waals surface area contributed by atoms with Gasteiger partial charge in [0.15, 0.2) is 0 Å². The van der Waals surface area contributed by atoms with Crippen LogP contribution in [0.2, 0.25) is 0 Å². The molecule has 0 fully saturated rings. The van der Waals surface area contributed by atoms with Crippen molar-refractivity contribution in [3.05, 3.63) is 82.4 Å². The number of allylic oxidation sites excluding steroid dienone is 1. The first-order valence-corrected chi connectivity index (χ1v) is 8.87. The van der Waals surface area contributed by atoms with Crippen molar-refractivity contribution >= 4 is 28.5 Å². The van der Waals surface area contributed by atoms with Crippen molar-refractivity contribution in [3.63, 3.8) is 0 Å². The van der Waals surface area contributed by atoms with Crippen LogP contribution in [-0.4, -0.2) is 22.1 Å². The number of benzene rings is 2. The highest BCUT2D eigenvalue weighted by Gasteiger charge is 2.21. The lowest BCUT2D eigenvalue weighted by Gasteiger charge is -2.08. The summed E-state index contributed by atoms with van der Waals surface area (Å²) in [4.78, 5) is 28.4. The van der Waals surface area contributed by atoms with E-state index >= 15 is 0 Å². The van der Waals surface area contributed by atoms with Gasteiger partial charge in [0.05, 0.1) is 16.9 Å². The van der Waals surface area contributed by atoms with Crippen LogP contribution in [0.4, 0.5) is 0 Å². The Morgan fingerprint density at radius 1 is 1.25 bits per heavy atom. The van der Waals surface area contributed by atoms with Crippen LogP contribution in [-0.2, 0) is 6.54 Å². The summed E-state index contributed by atoms with van der Waals surface area (Å²) in [5, 5.41) is 11.5. The topological polar surface area (TPSA) is 84.2 Å². The first-order chi connectivity index (χ1) is 13.6. The van der Waals surface area contributed by atoms with Crippen LogP contribution in [0.5, 0.6) is 5.75 Å². The van der Waals surface area contributed by atoms with Gasteiger partial charge in [0, 0.05) is 6.54 Å². The Kier molecular flexibility index (Phi) is 4.53. The molecule has 2 heterocycles. The second kappa shape index (κ2) is 7.15. The van der Waals surface area contributed by atoms with Crippen molar-refractivity contribution < 1.29 is 14.6 Å². The molecule has 0 bridgehead atoms. The second-order valence-electron chi connectivity index (χ2n) is 6.50. The summed E-state index contributed by atoms with van der Waals surface area (Å²) in [6, 6.07) is 11.9. The van der Waals surface area contributed by atoms with Crippen molar-refractivity contribution in [2.45, 2.75) is 13.0 Å². The predicted molar refractivity (Wildman–Crippen MR) is 105 cm³/mol. The Bertz CT molecular complexity index is 1170. The molecule has 6 heteroatoms. The minimum atomic E-state index is -1.29. The van der Waals surface area contributed by atoms with Crippen LogP contribution in [0.25, 0.3) is 22.6 Å². The molecule has 0 amide bonds. The zero-order valence-corrected chi connectivity index (χ0v) is 15.1. The Hall–Kier alpha value is -3.67. The van der Waals surface area contributed by atoms with Gasteiger partial charge in [-0.05, 0) is 53.5 Å². The number of carboxylic acid groups (broad SMARTS) is 1. The highest BCUT2D eigenvalue weighted by Crippen LogP contribution is 2.28. The van der Waals surface area contributed by atoms with E-state index in [1.165, 1.54) is 18.2 Å². The molecule has 0 saturated heterocycles. The number of rotatable bonds is 5. The highest BCUT2D eigenvalue weighted by atomic mass is 16.5. The molecule has 6 nitrogen and oxygen atoms in total. The van der Waals surface area contributed by atoms with Crippen LogP contribution in [0.3, 0.4) is 0 Å². The molecule has 1 aromatic heterocycles. The zero-order valence-electron chi connectivity index (χ0n) is 15.1. The normalized spacial score (nSPS) is 14.2. The molecular formula is C22H17N2O4-. The summed E-state index contributed by atoms with van der Waals surface area (Å²) in [5.41, 5.74) is 2.09. The molecule has 0 spiro atoms. The monoisotopic (exact) mass is 373 g/mol. The number of carboxylic acids is 1. The second-order valence-corrected chi connectivity index (χ2v) is 6.50. The zero-order chi connectivity index (χ0) is 19.7. The van der Waals surface area contributed by atoms with Crippen molar-refractivity contribution in [1.82, 2.24) is 9.55 Å². The predicted octanol–water partition coefficient (Wildman–Crippen LogP) is 2.27. The third-order valence-corrected chi connectivity index (χ3v) is 4.67. The van der Waals surface area contributed by atoms with Crippen molar-refractivity contribution in [3.8, 4) is 5.75 Å². The van der Waals surface area contributed by atoms with Gasteiger partial charge in [0.2, 0.25) is 0 Å². The molecule has 2 aromatic carbocycles. The minimum Gasteiger partial charge on any atom is -0.545 e. The Labute approximate surface area is 161 Å². The van der Waals surface area contributed by atoms with E-state index in [4.69, 9.17) is 4.74 Å². The molecule has 4 rings (SSSR count). The maximum atomic E-state index is 12.8. The quantitative estimate of drug-likeness (QED) is 0.641. The number of ether oxygens (including phenoxy) is 1.